The molecule has 0 radical (unpaired) electrons. The van der Waals surface area contributed by atoms with Crippen molar-refractivity contribution in [3.63, 3.8) is 0 Å². The van der Waals surface area contributed by atoms with Gasteiger partial charge in [-0.3, -0.25) is 0 Å². The number of nitrogens with one attached hydrogen (secondary N) is 1. The molecule has 1 aromatic carbocycles. The van der Waals surface area contributed by atoms with Crippen LogP contribution in [0.4, 0.5) is 5.82 Å². The molecule has 100 valence electrons. The van der Waals surface area contributed by atoms with Gasteiger partial charge < -0.3 is 10.1 Å². The van der Waals surface area contributed by atoms with Gasteiger partial charge in [0.05, 0.1) is 0 Å². The minimum absolute atomic E-state index is 0.609. The molecule has 0 saturated carbocycles. The largest absolute Gasteiger partial charge is 0.439 e. The Morgan fingerprint density at radius 3 is 2.63 bits per heavy atom. The number of aromatic nitrogens is 1. The summed E-state index contributed by atoms with van der Waals surface area (Å²) in [5.41, 5.74) is 0. The van der Waals surface area contributed by atoms with Crippen molar-refractivity contribution in [3.05, 3.63) is 42.5 Å². The Kier molecular flexibility index (Phi) is 5.10. The molecule has 0 spiro atoms. The molecule has 3 nitrogen and oxygen atoms in total. The molecule has 0 aliphatic rings. The van der Waals surface area contributed by atoms with Gasteiger partial charge in [0.2, 0.25) is 5.88 Å². The van der Waals surface area contributed by atoms with Crippen LogP contribution in [-0.4, -0.2) is 17.8 Å². The smallest absolute Gasteiger partial charge is 0.221 e. The van der Waals surface area contributed by atoms with Crippen LogP contribution >= 0.6 is 11.8 Å². The molecule has 0 atom stereocenters. The molecule has 19 heavy (non-hydrogen) atoms. The number of anilines is 1. The van der Waals surface area contributed by atoms with Gasteiger partial charge in [-0.15, -0.1) is 11.8 Å². The Labute approximate surface area is 118 Å². The van der Waals surface area contributed by atoms with Gasteiger partial charge in [-0.05, 0) is 43.0 Å². The fraction of sp³-hybridized carbons (Fsp3) is 0.267. The Morgan fingerprint density at radius 1 is 1.16 bits per heavy atom. The summed E-state index contributed by atoms with van der Waals surface area (Å²) in [5, 5.41) is 3.24. The highest BCUT2D eigenvalue weighted by Gasteiger charge is 2.00. The molecule has 2 rings (SSSR count). The topological polar surface area (TPSA) is 34.1 Å². The van der Waals surface area contributed by atoms with Gasteiger partial charge in [-0.25, -0.2) is 0 Å². The van der Waals surface area contributed by atoms with Gasteiger partial charge in [-0.2, -0.15) is 4.98 Å². The lowest BCUT2D eigenvalue weighted by Gasteiger charge is -2.08. The van der Waals surface area contributed by atoms with Crippen LogP contribution in [0.25, 0.3) is 0 Å². The van der Waals surface area contributed by atoms with Crippen molar-refractivity contribution in [3.8, 4) is 11.6 Å². The van der Waals surface area contributed by atoms with Crippen molar-refractivity contribution < 1.29 is 4.74 Å². The number of ether oxygens (including phenoxy) is 1. The van der Waals surface area contributed by atoms with Crippen LogP contribution in [-0.2, 0) is 0 Å². The molecule has 0 saturated heterocycles. The maximum absolute atomic E-state index is 5.74. The van der Waals surface area contributed by atoms with Crippen LogP contribution in [0.15, 0.2) is 47.4 Å². The predicted octanol–water partition coefficient (Wildman–Crippen LogP) is 4.42. The van der Waals surface area contributed by atoms with E-state index in [0.29, 0.717) is 5.88 Å². The van der Waals surface area contributed by atoms with E-state index in [0.717, 1.165) is 24.5 Å². The standard InChI is InChI=1S/C15H18N2OS/c1-3-11-16-14-5-4-6-15(17-14)18-12-7-9-13(19-2)10-8-12/h4-10H,3,11H2,1-2H3,(H,16,17). The van der Waals surface area contributed by atoms with Crippen LogP contribution in [0.5, 0.6) is 11.6 Å². The number of hydrogen-bond acceptors (Lipinski definition) is 4. The molecule has 0 amide bonds. The zero-order chi connectivity index (χ0) is 13.5. The first-order chi connectivity index (χ1) is 9.31. The molecular weight excluding hydrogens is 256 g/mol. The Morgan fingerprint density at radius 2 is 1.95 bits per heavy atom. The van der Waals surface area contributed by atoms with Crippen LogP contribution in [0.1, 0.15) is 13.3 Å². The second kappa shape index (κ2) is 7.04. The quantitative estimate of drug-likeness (QED) is 0.791. The van der Waals surface area contributed by atoms with E-state index in [4.69, 9.17) is 4.74 Å². The summed E-state index contributed by atoms with van der Waals surface area (Å²) in [4.78, 5) is 5.63. The van der Waals surface area contributed by atoms with Crippen molar-refractivity contribution in [1.82, 2.24) is 4.98 Å². The summed E-state index contributed by atoms with van der Waals surface area (Å²) >= 11 is 1.71. The number of benzene rings is 1. The van der Waals surface area contributed by atoms with Gasteiger partial charge in [0, 0.05) is 17.5 Å². The van der Waals surface area contributed by atoms with Crippen molar-refractivity contribution in [2.75, 3.05) is 18.1 Å². The summed E-state index contributed by atoms with van der Waals surface area (Å²) in [6.07, 6.45) is 3.13. The zero-order valence-electron chi connectivity index (χ0n) is 11.2. The zero-order valence-corrected chi connectivity index (χ0v) is 12.0. The van der Waals surface area contributed by atoms with Crippen molar-refractivity contribution >= 4 is 17.6 Å². The molecule has 1 N–H and O–H groups in total. The third-order valence-electron chi connectivity index (χ3n) is 2.56. The fourth-order valence-corrected chi connectivity index (χ4v) is 2.00. The maximum Gasteiger partial charge on any atom is 0.221 e. The Balaban J connectivity index is 2.05. The van der Waals surface area contributed by atoms with Gasteiger partial charge in [0.25, 0.3) is 0 Å². The molecule has 2 aromatic rings. The second-order valence-corrected chi connectivity index (χ2v) is 4.95. The molecule has 0 bridgehead atoms. The molecule has 0 aliphatic heterocycles. The molecule has 0 aliphatic carbocycles. The van der Waals surface area contributed by atoms with E-state index in [1.54, 1.807) is 11.8 Å². The SMILES string of the molecule is CCCNc1cccc(Oc2ccc(SC)cc2)n1. The first-order valence-electron chi connectivity index (χ1n) is 6.34. The van der Waals surface area contributed by atoms with Crippen LogP contribution < -0.4 is 10.1 Å². The number of hydrogen-bond donors (Lipinski definition) is 1. The highest BCUT2D eigenvalue weighted by atomic mass is 32.2. The average Bonchev–Trinajstić information content (AvgIpc) is 2.46. The molecule has 1 heterocycles. The molecule has 0 unspecified atom stereocenters. The third kappa shape index (κ3) is 4.17. The van der Waals surface area contributed by atoms with Crippen molar-refractivity contribution in [2.24, 2.45) is 0 Å². The summed E-state index contributed by atoms with van der Waals surface area (Å²) in [5.74, 6) is 2.26. The lowest BCUT2D eigenvalue weighted by atomic mass is 10.3. The number of thioether (sulfide) groups is 1. The summed E-state index contributed by atoms with van der Waals surface area (Å²) in [6, 6.07) is 13.7. The van der Waals surface area contributed by atoms with Gasteiger partial charge in [0.15, 0.2) is 0 Å². The van der Waals surface area contributed by atoms with Crippen LogP contribution in [0.3, 0.4) is 0 Å². The summed E-state index contributed by atoms with van der Waals surface area (Å²) in [6.45, 7) is 3.04. The Hall–Kier alpha value is -1.68. The highest BCUT2D eigenvalue weighted by molar-refractivity contribution is 7.98. The third-order valence-corrected chi connectivity index (χ3v) is 3.31. The normalized spacial score (nSPS) is 10.2. The van der Waals surface area contributed by atoms with E-state index < -0.39 is 0 Å². The van der Waals surface area contributed by atoms with E-state index in [1.165, 1.54) is 4.90 Å². The van der Waals surface area contributed by atoms with E-state index in [2.05, 4.69) is 23.5 Å². The van der Waals surface area contributed by atoms with Crippen molar-refractivity contribution in [1.29, 1.82) is 0 Å². The number of pyridine rings is 1. The van der Waals surface area contributed by atoms with E-state index in [1.807, 2.05) is 42.5 Å². The van der Waals surface area contributed by atoms with E-state index >= 15 is 0 Å². The average molecular weight is 274 g/mol. The number of nitrogens with zero attached hydrogens (tertiary/aromatic N) is 1. The van der Waals surface area contributed by atoms with E-state index in [-0.39, 0.29) is 0 Å². The maximum atomic E-state index is 5.74. The minimum Gasteiger partial charge on any atom is -0.439 e. The van der Waals surface area contributed by atoms with Crippen LogP contribution in [0.2, 0.25) is 0 Å². The molecule has 1 aromatic heterocycles. The lowest BCUT2D eigenvalue weighted by Crippen LogP contribution is -2.02. The minimum atomic E-state index is 0.609. The summed E-state index contributed by atoms with van der Waals surface area (Å²) in [7, 11) is 0. The van der Waals surface area contributed by atoms with Gasteiger partial charge in [-0.1, -0.05) is 13.0 Å². The first-order valence-corrected chi connectivity index (χ1v) is 7.57. The fourth-order valence-electron chi connectivity index (χ4n) is 1.59. The van der Waals surface area contributed by atoms with Crippen LogP contribution in [0, 0.1) is 0 Å². The molecule has 4 heteroatoms. The second-order valence-electron chi connectivity index (χ2n) is 4.07. The highest BCUT2D eigenvalue weighted by Crippen LogP contribution is 2.23. The van der Waals surface area contributed by atoms with E-state index in [9.17, 15) is 0 Å². The molecular formula is C15H18N2OS. The van der Waals surface area contributed by atoms with Crippen molar-refractivity contribution in [2.45, 2.75) is 18.2 Å². The molecule has 0 fully saturated rings. The Bertz CT molecular complexity index is 514. The van der Waals surface area contributed by atoms with Gasteiger partial charge in [0.1, 0.15) is 11.6 Å². The van der Waals surface area contributed by atoms with Gasteiger partial charge >= 0.3 is 0 Å². The number of rotatable bonds is 6. The predicted molar refractivity (Wildman–Crippen MR) is 81.3 cm³/mol. The monoisotopic (exact) mass is 274 g/mol. The first kappa shape index (κ1) is 13.7. The lowest BCUT2D eigenvalue weighted by molar-refractivity contribution is 0.463. The summed E-state index contributed by atoms with van der Waals surface area (Å²) < 4.78 is 5.74.